The Balaban J connectivity index is 1.80. The molecule has 0 atom stereocenters. The van der Waals surface area contributed by atoms with Gasteiger partial charge in [-0.25, -0.2) is 0 Å². The van der Waals surface area contributed by atoms with Crippen LogP contribution in [0.1, 0.15) is 11.1 Å². The molecule has 0 radical (unpaired) electrons. The second kappa shape index (κ2) is 9.36. The average Bonchev–Trinajstić information content (AvgIpc) is 2.55. The van der Waals surface area contributed by atoms with Crippen LogP contribution >= 0.6 is 0 Å². The van der Waals surface area contributed by atoms with Crippen molar-refractivity contribution in [2.24, 2.45) is 5.73 Å². The molecule has 3 nitrogen and oxygen atoms in total. The smallest absolute Gasteiger partial charge is 0.0234 e. The highest BCUT2D eigenvalue weighted by Crippen LogP contribution is 2.06. The van der Waals surface area contributed by atoms with Crippen LogP contribution < -0.4 is 5.73 Å². The third-order valence-corrected chi connectivity index (χ3v) is 3.79. The molecule has 0 aliphatic heterocycles. The minimum Gasteiger partial charge on any atom is -0.329 e. The summed E-state index contributed by atoms with van der Waals surface area (Å²) in [6.07, 6.45) is 0. The average molecular weight is 297 g/mol. The van der Waals surface area contributed by atoms with Gasteiger partial charge >= 0.3 is 0 Å². The van der Waals surface area contributed by atoms with E-state index in [0.29, 0.717) is 6.54 Å². The standard InChI is InChI=1S/C19H27N3/c1-21(16-18-8-4-2-5-9-18)14-15-22(13-12-20)17-19-10-6-3-7-11-19/h2-11H,12-17,20H2,1H3. The van der Waals surface area contributed by atoms with E-state index in [2.05, 4.69) is 77.5 Å². The lowest BCUT2D eigenvalue weighted by Gasteiger charge is -2.25. The van der Waals surface area contributed by atoms with E-state index < -0.39 is 0 Å². The quantitative estimate of drug-likeness (QED) is 0.772. The van der Waals surface area contributed by atoms with Gasteiger partial charge in [-0.2, -0.15) is 0 Å². The van der Waals surface area contributed by atoms with Crippen LogP contribution in [-0.4, -0.2) is 43.0 Å². The maximum absolute atomic E-state index is 5.76. The minimum atomic E-state index is 0.704. The van der Waals surface area contributed by atoms with E-state index in [1.54, 1.807) is 0 Å². The maximum atomic E-state index is 5.76. The molecule has 0 amide bonds. The van der Waals surface area contributed by atoms with Gasteiger partial charge in [0.25, 0.3) is 0 Å². The molecule has 0 heterocycles. The van der Waals surface area contributed by atoms with Crippen LogP contribution in [0.25, 0.3) is 0 Å². The first-order chi connectivity index (χ1) is 10.8. The minimum absolute atomic E-state index is 0.704. The van der Waals surface area contributed by atoms with Crippen LogP contribution in [0.2, 0.25) is 0 Å². The number of nitrogens with zero attached hydrogens (tertiary/aromatic N) is 2. The van der Waals surface area contributed by atoms with E-state index in [1.165, 1.54) is 11.1 Å². The van der Waals surface area contributed by atoms with Crippen LogP contribution in [0.3, 0.4) is 0 Å². The lowest BCUT2D eigenvalue weighted by atomic mass is 10.2. The zero-order valence-corrected chi connectivity index (χ0v) is 13.5. The third-order valence-electron chi connectivity index (χ3n) is 3.79. The van der Waals surface area contributed by atoms with Gasteiger partial charge < -0.3 is 10.6 Å². The van der Waals surface area contributed by atoms with Crippen molar-refractivity contribution in [2.45, 2.75) is 13.1 Å². The van der Waals surface area contributed by atoms with Gasteiger partial charge in [0.1, 0.15) is 0 Å². The largest absolute Gasteiger partial charge is 0.329 e. The predicted molar refractivity (Wildman–Crippen MR) is 93.5 cm³/mol. The van der Waals surface area contributed by atoms with Crippen molar-refractivity contribution >= 4 is 0 Å². The SMILES string of the molecule is CN(CCN(CCN)Cc1ccccc1)Cc1ccccc1. The topological polar surface area (TPSA) is 32.5 Å². The fourth-order valence-corrected chi connectivity index (χ4v) is 2.58. The van der Waals surface area contributed by atoms with Crippen molar-refractivity contribution in [1.82, 2.24) is 9.80 Å². The first-order valence-electron chi connectivity index (χ1n) is 7.97. The molecular formula is C19H27N3. The second-order valence-corrected chi connectivity index (χ2v) is 5.77. The predicted octanol–water partition coefficient (Wildman–Crippen LogP) is 2.58. The van der Waals surface area contributed by atoms with Gasteiger partial charge in [-0.15, -0.1) is 0 Å². The summed E-state index contributed by atoms with van der Waals surface area (Å²) >= 11 is 0. The van der Waals surface area contributed by atoms with Crippen molar-refractivity contribution in [3.63, 3.8) is 0 Å². The first-order valence-corrected chi connectivity index (χ1v) is 7.97. The summed E-state index contributed by atoms with van der Waals surface area (Å²) in [6.45, 7) is 5.68. The summed E-state index contributed by atoms with van der Waals surface area (Å²) in [7, 11) is 2.18. The highest BCUT2D eigenvalue weighted by atomic mass is 15.2. The van der Waals surface area contributed by atoms with Crippen molar-refractivity contribution in [1.29, 1.82) is 0 Å². The van der Waals surface area contributed by atoms with Crippen molar-refractivity contribution in [3.8, 4) is 0 Å². The van der Waals surface area contributed by atoms with Crippen LogP contribution in [0.4, 0.5) is 0 Å². The Morgan fingerprint density at radius 3 is 1.82 bits per heavy atom. The fourth-order valence-electron chi connectivity index (χ4n) is 2.58. The summed E-state index contributed by atoms with van der Waals surface area (Å²) in [4.78, 5) is 4.79. The molecule has 0 aliphatic rings. The molecule has 0 bridgehead atoms. The summed E-state index contributed by atoms with van der Waals surface area (Å²) < 4.78 is 0. The Labute approximate surface area is 134 Å². The van der Waals surface area contributed by atoms with Gasteiger partial charge in [0, 0.05) is 39.3 Å². The van der Waals surface area contributed by atoms with E-state index in [4.69, 9.17) is 5.73 Å². The normalized spacial score (nSPS) is 11.3. The van der Waals surface area contributed by atoms with Gasteiger partial charge in [-0.1, -0.05) is 60.7 Å². The molecule has 0 unspecified atom stereocenters. The summed E-state index contributed by atoms with van der Waals surface area (Å²) in [6, 6.07) is 21.2. The second-order valence-electron chi connectivity index (χ2n) is 5.77. The molecule has 3 heteroatoms. The van der Waals surface area contributed by atoms with E-state index in [-0.39, 0.29) is 0 Å². The molecule has 2 rings (SSSR count). The summed E-state index contributed by atoms with van der Waals surface area (Å²) in [5.74, 6) is 0. The number of hydrogen-bond donors (Lipinski definition) is 1. The molecule has 0 saturated heterocycles. The van der Waals surface area contributed by atoms with Gasteiger partial charge in [-0.05, 0) is 18.2 Å². The molecule has 2 N–H and O–H groups in total. The molecule has 0 fully saturated rings. The lowest BCUT2D eigenvalue weighted by molar-refractivity contribution is 0.219. The number of nitrogens with two attached hydrogens (primary N) is 1. The van der Waals surface area contributed by atoms with Crippen molar-refractivity contribution < 1.29 is 0 Å². The molecule has 2 aromatic rings. The molecule has 22 heavy (non-hydrogen) atoms. The molecule has 2 aromatic carbocycles. The fraction of sp³-hybridized carbons (Fsp3) is 0.368. The lowest BCUT2D eigenvalue weighted by Crippen LogP contribution is -2.35. The zero-order valence-electron chi connectivity index (χ0n) is 13.5. The van der Waals surface area contributed by atoms with Crippen molar-refractivity contribution in [2.75, 3.05) is 33.2 Å². The highest BCUT2D eigenvalue weighted by molar-refractivity contribution is 5.15. The maximum Gasteiger partial charge on any atom is 0.0234 e. The van der Waals surface area contributed by atoms with Crippen molar-refractivity contribution in [3.05, 3.63) is 71.8 Å². The molecule has 0 aromatic heterocycles. The molecule has 118 valence electrons. The van der Waals surface area contributed by atoms with Gasteiger partial charge in [0.15, 0.2) is 0 Å². The number of benzene rings is 2. The van der Waals surface area contributed by atoms with Crippen LogP contribution in [0.5, 0.6) is 0 Å². The summed E-state index contributed by atoms with van der Waals surface area (Å²) in [5.41, 5.74) is 8.47. The Bertz CT molecular complexity index is 513. The molecular weight excluding hydrogens is 270 g/mol. The molecule has 0 spiro atoms. The first kappa shape index (κ1) is 16.7. The number of rotatable bonds is 9. The number of likely N-dealkylation sites (N-methyl/N-ethyl adjacent to an activating group) is 1. The third kappa shape index (κ3) is 5.98. The van der Waals surface area contributed by atoms with Gasteiger partial charge in [0.2, 0.25) is 0 Å². The van der Waals surface area contributed by atoms with E-state index in [1.807, 2.05) is 0 Å². The van der Waals surface area contributed by atoms with E-state index in [0.717, 1.165) is 32.7 Å². The van der Waals surface area contributed by atoms with Gasteiger partial charge in [-0.3, -0.25) is 4.90 Å². The highest BCUT2D eigenvalue weighted by Gasteiger charge is 2.07. The van der Waals surface area contributed by atoms with E-state index >= 15 is 0 Å². The Morgan fingerprint density at radius 2 is 1.27 bits per heavy atom. The number of hydrogen-bond acceptors (Lipinski definition) is 3. The van der Waals surface area contributed by atoms with E-state index in [9.17, 15) is 0 Å². The zero-order chi connectivity index (χ0) is 15.6. The van der Waals surface area contributed by atoms with Gasteiger partial charge in [0.05, 0.1) is 0 Å². The molecule has 0 saturated carbocycles. The Hall–Kier alpha value is -1.68. The van der Waals surface area contributed by atoms with Crippen LogP contribution in [0.15, 0.2) is 60.7 Å². The monoisotopic (exact) mass is 297 g/mol. The Kier molecular flexibility index (Phi) is 7.10. The summed E-state index contributed by atoms with van der Waals surface area (Å²) in [5, 5.41) is 0. The van der Waals surface area contributed by atoms with Crippen LogP contribution in [-0.2, 0) is 13.1 Å². The van der Waals surface area contributed by atoms with Crippen LogP contribution in [0, 0.1) is 0 Å². The Morgan fingerprint density at radius 1 is 0.727 bits per heavy atom. The molecule has 0 aliphatic carbocycles.